The van der Waals surface area contributed by atoms with E-state index in [4.69, 9.17) is 0 Å². The van der Waals surface area contributed by atoms with E-state index in [1.165, 1.54) is 29.9 Å². The van der Waals surface area contributed by atoms with E-state index in [-0.39, 0.29) is 11.9 Å². The first-order chi connectivity index (χ1) is 8.10. The van der Waals surface area contributed by atoms with Crippen LogP contribution >= 0.6 is 0 Å². The van der Waals surface area contributed by atoms with Gasteiger partial charge in [-0.2, -0.15) is 0 Å². The van der Waals surface area contributed by atoms with Crippen LogP contribution in [0.1, 0.15) is 36.0 Å². The Balaban J connectivity index is 3.02. The molecule has 17 heavy (non-hydrogen) atoms. The summed E-state index contributed by atoms with van der Waals surface area (Å²) in [5.74, 6) is -0.0232. The van der Waals surface area contributed by atoms with Gasteiger partial charge in [-0.1, -0.05) is 31.2 Å². The van der Waals surface area contributed by atoms with E-state index in [1.807, 2.05) is 6.08 Å². The van der Waals surface area contributed by atoms with Gasteiger partial charge in [0.25, 0.3) is 0 Å². The van der Waals surface area contributed by atoms with Crippen LogP contribution in [0.25, 0.3) is 0 Å². The Morgan fingerprint density at radius 3 is 2.41 bits per heavy atom. The average Bonchev–Trinajstić information content (AvgIpc) is 2.32. The summed E-state index contributed by atoms with van der Waals surface area (Å²) >= 11 is 0. The van der Waals surface area contributed by atoms with Gasteiger partial charge in [0.05, 0.1) is 7.11 Å². The number of aryl methyl sites for hydroxylation is 2. The van der Waals surface area contributed by atoms with Crippen LogP contribution in [0.3, 0.4) is 0 Å². The zero-order valence-electron chi connectivity index (χ0n) is 11.0. The number of ether oxygens (including phenoxy) is 1. The molecule has 1 aromatic carbocycles. The average molecular weight is 232 g/mol. The van der Waals surface area contributed by atoms with Crippen molar-refractivity contribution in [3.63, 3.8) is 0 Å². The van der Waals surface area contributed by atoms with Gasteiger partial charge >= 0.3 is 5.97 Å². The van der Waals surface area contributed by atoms with Crippen LogP contribution in [0.4, 0.5) is 0 Å². The lowest BCUT2D eigenvalue weighted by Gasteiger charge is -2.16. The van der Waals surface area contributed by atoms with Crippen molar-refractivity contribution in [3.05, 3.63) is 47.0 Å². The zero-order chi connectivity index (χ0) is 12.8. The highest BCUT2D eigenvalue weighted by Crippen LogP contribution is 2.27. The third-order valence-electron chi connectivity index (χ3n) is 3.02. The Hall–Kier alpha value is -1.57. The van der Waals surface area contributed by atoms with Gasteiger partial charge in [0.15, 0.2) is 0 Å². The molecule has 0 bridgehead atoms. The molecule has 0 spiro atoms. The van der Waals surface area contributed by atoms with Crippen LogP contribution in [-0.2, 0) is 9.53 Å². The number of allylic oxidation sites excluding steroid dienone is 1. The molecular weight excluding hydrogens is 212 g/mol. The van der Waals surface area contributed by atoms with Crippen molar-refractivity contribution >= 4 is 5.97 Å². The number of methoxy groups -OCH3 is 1. The molecule has 0 aliphatic rings. The predicted octanol–water partition coefficient (Wildman–Crippen LogP) is 3.53. The highest BCUT2D eigenvalue weighted by Gasteiger charge is 2.11. The molecular formula is C15H20O2. The Labute approximate surface area is 103 Å². The highest BCUT2D eigenvalue weighted by atomic mass is 16.5. The van der Waals surface area contributed by atoms with E-state index in [0.29, 0.717) is 0 Å². The van der Waals surface area contributed by atoms with Gasteiger partial charge in [0.2, 0.25) is 0 Å². The van der Waals surface area contributed by atoms with E-state index in [0.717, 1.165) is 6.42 Å². The molecule has 0 N–H and O–H groups in total. The van der Waals surface area contributed by atoms with Crippen molar-refractivity contribution in [2.75, 3.05) is 7.11 Å². The summed E-state index contributed by atoms with van der Waals surface area (Å²) in [4.78, 5) is 11.1. The van der Waals surface area contributed by atoms with Crippen molar-refractivity contribution in [1.82, 2.24) is 0 Å². The minimum Gasteiger partial charge on any atom is -0.466 e. The summed E-state index contributed by atoms with van der Waals surface area (Å²) in [6.45, 7) is 6.34. The van der Waals surface area contributed by atoms with Gasteiger partial charge in [-0.25, -0.2) is 4.79 Å². The van der Waals surface area contributed by atoms with Crippen LogP contribution < -0.4 is 0 Å². The Kier molecular flexibility index (Phi) is 4.95. The molecule has 0 aromatic heterocycles. The normalized spacial score (nSPS) is 12.7. The van der Waals surface area contributed by atoms with Crippen molar-refractivity contribution in [2.45, 2.75) is 33.1 Å². The molecule has 0 amide bonds. The fourth-order valence-electron chi connectivity index (χ4n) is 2.11. The molecule has 2 nitrogen and oxygen atoms in total. The van der Waals surface area contributed by atoms with E-state index in [1.54, 1.807) is 0 Å². The zero-order valence-corrected chi connectivity index (χ0v) is 11.0. The lowest BCUT2D eigenvalue weighted by molar-refractivity contribution is -0.134. The minimum absolute atomic E-state index is 0.273. The summed E-state index contributed by atoms with van der Waals surface area (Å²) < 4.78 is 4.62. The number of carbonyl (C=O) groups excluding carboxylic acids is 1. The number of hydrogen-bond acceptors (Lipinski definition) is 2. The smallest absolute Gasteiger partial charge is 0.330 e. The molecule has 0 saturated carbocycles. The fourth-order valence-corrected chi connectivity index (χ4v) is 2.11. The number of esters is 1. The van der Waals surface area contributed by atoms with Gasteiger partial charge in [-0.05, 0) is 37.0 Å². The second-order valence-electron chi connectivity index (χ2n) is 4.20. The van der Waals surface area contributed by atoms with Gasteiger partial charge in [-0.3, -0.25) is 0 Å². The Morgan fingerprint density at radius 2 is 1.94 bits per heavy atom. The van der Waals surface area contributed by atoms with Crippen LogP contribution in [-0.4, -0.2) is 13.1 Å². The summed E-state index contributed by atoms with van der Waals surface area (Å²) in [6.07, 6.45) is 4.42. The van der Waals surface area contributed by atoms with Gasteiger partial charge in [-0.15, -0.1) is 0 Å². The third-order valence-corrected chi connectivity index (χ3v) is 3.02. The second kappa shape index (κ2) is 6.24. The van der Waals surface area contributed by atoms with Crippen molar-refractivity contribution in [3.8, 4) is 0 Å². The van der Waals surface area contributed by atoms with Crippen molar-refractivity contribution < 1.29 is 9.53 Å². The van der Waals surface area contributed by atoms with Crippen LogP contribution in [0.2, 0.25) is 0 Å². The quantitative estimate of drug-likeness (QED) is 0.586. The molecule has 0 heterocycles. The molecule has 92 valence electrons. The minimum atomic E-state index is -0.297. The molecule has 1 rings (SSSR count). The number of carbonyl (C=O) groups is 1. The standard InChI is InChI=1S/C15H20O2/c1-5-13(9-10-14(16)17-4)15-11(2)7-6-8-12(15)3/h6-10,13H,5H2,1-4H3/b10-9+/t13-/m1/s1. The van der Waals surface area contributed by atoms with E-state index in [9.17, 15) is 4.79 Å². The summed E-state index contributed by atoms with van der Waals surface area (Å²) in [5, 5.41) is 0. The molecule has 0 unspecified atom stereocenters. The molecule has 2 heteroatoms. The van der Waals surface area contributed by atoms with E-state index >= 15 is 0 Å². The lowest BCUT2D eigenvalue weighted by Crippen LogP contribution is -2.02. The first-order valence-electron chi connectivity index (χ1n) is 5.92. The number of rotatable bonds is 4. The largest absolute Gasteiger partial charge is 0.466 e. The lowest BCUT2D eigenvalue weighted by atomic mass is 9.88. The van der Waals surface area contributed by atoms with Crippen molar-refractivity contribution in [2.24, 2.45) is 0 Å². The number of hydrogen-bond donors (Lipinski definition) is 0. The number of benzene rings is 1. The molecule has 1 atom stereocenters. The molecule has 0 saturated heterocycles. The summed E-state index contributed by atoms with van der Waals surface area (Å²) in [7, 11) is 1.40. The molecule has 0 radical (unpaired) electrons. The van der Waals surface area contributed by atoms with Gasteiger partial charge in [0.1, 0.15) is 0 Å². The maximum Gasteiger partial charge on any atom is 0.330 e. The van der Waals surface area contributed by atoms with E-state index < -0.39 is 0 Å². The molecule has 0 aliphatic carbocycles. The molecule has 0 fully saturated rings. The topological polar surface area (TPSA) is 26.3 Å². The van der Waals surface area contributed by atoms with Gasteiger partial charge < -0.3 is 4.74 Å². The maximum atomic E-state index is 11.1. The molecule has 0 aliphatic heterocycles. The van der Waals surface area contributed by atoms with Crippen LogP contribution in [0, 0.1) is 13.8 Å². The second-order valence-corrected chi connectivity index (χ2v) is 4.20. The maximum absolute atomic E-state index is 11.1. The monoisotopic (exact) mass is 232 g/mol. The predicted molar refractivity (Wildman–Crippen MR) is 70.1 cm³/mol. The first-order valence-corrected chi connectivity index (χ1v) is 5.92. The van der Waals surface area contributed by atoms with Crippen LogP contribution in [0.5, 0.6) is 0 Å². The van der Waals surface area contributed by atoms with Gasteiger partial charge in [0, 0.05) is 12.0 Å². The Morgan fingerprint density at radius 1 is 1.35 bits per heavy atom. The summed E-state index contributed by atoms with van der Waals surface area (Å²) in [6, 6.07) is 6.28. The summed E-state index contributed by atoms with van der Waals surface area (Å²) in [5.41, 5.74) is 3.85. The highest BCUT2D eigenvalue weighted by molar-refractivity contribution is 5.81. The van der Waals surface area contributed by atoms with Crippen molar-refractivity contribution in [1.29, 1.82) is 0 Å². The van der Waals surface area contributed by atoms with Crippen LogP contribution in [0.15, 0.2) is 30.4 Å². The molecule has 1 aromatic rings. The fraction of sp³-hybridized carbons (Fsp3) is 0.400. The third kappa shape index (κ3) is 3.45. The first kappa shape index (κ1) is 13.5. The Bertz CT molecular complexity index is 399. The van der Waals surface area contributed by atoms with E-state index in [2.05, 4.69) is 43.7 Å². The SMILES string of the molecule is CC[C@H](/C=C/C(=O)OC)c1c(C)cccc1C.